The summed E-state index contributed by atoms with van der Waals surface area (Å²) in [5.74, 6) is 0.752. The minimum atomic E-state index is -3.92. The molecule has 0 aliphatic rings. The molecule has 0 fully saturated rings. The minimum Gasteiger partial charge on any atom is -0.497 e. The number of halogens is 1. The molecule has 0 amide bonds. The van der Waals surface area contributed by atoms with Gasteiger partial charge in [-0.15, -0.1) is 0 Å². The van der Waals surface area contributed by atoms with Crippen molar-refractivity contribution >= 4 is 27.4 Å². The minimum absolute atomic E-state index is 0.0459. The Labute approximate surface area is 156 Å². The third-order valence-electron chi connectivity index (χ3n) is 3.63. The van der Waals surface area contributed by atoms with E-state index >= 15 is 0 Å². The number of aromatic amines is 1. The number of hydrogen-bond donors (Lipinski definition) is 2. The van der Waals surface area contributed by atoms with Gasteiger partial charge in [0.1, 0.15) is 16.4 Å². The monoisotopic (exact) mass is 393 g/mol. The van der Waals surface area contributed by atoms with Crippen LogP contribution in [0.25, 0.3) is 11.3 Å². The van der Waals surface area contributed by atoms with E-state index in [-0.39, 0.29) is 16.5 Å². The lowest BCUT2D eigenvalue weighted by molar-refractivity contribution is 0.392. The molecule has 2 aromatic carbocycles. The summed E-state index contributed by atoms with van der Waals surface area (Å²) in [6, 6.07) is 13.2. The van der Waals surface area contributed by atoms with Crippen molar-refractivity contribution in [1.29, 1.82) is 0 Å². The number of anilines is 1. The zero-order chi connectivity index (χ0) is 18.7. The van der Waals surface area contributed by atoms with Crippen LogP contribution >= 0.6 is 11.6 Å². The molecule has 0 bridgehead atoms. The number of benzene rings is 2. The molecule has 0 saturated carbocycles. The molecule has 26 heavy (non-hydrogen) atoms. The van der Waals surface area contributed by atoms with Crippen molar-refractivity contribution in [3.63, 3.8) is 0 Å². The molecule has 3 aromatic rings. The van der Waals surface area contributed by atoms with Crippen LogP contribution in [-0.4, -0.2) is 32.8 Å². The van der Waals surface area contributed by atoms with Crippen LogP contribution in [-0.2, 0) is 10.0 Å². The summed E-state index contributed by atoms with van der Waals surface area (Å²) in [4.78, 5) is -0.0459. The van der Waals surface area contributed by atoms with E-state index in [1.54, 1.807) is 36.4 Å². The van der Waals surface area contributed by atoms with Crippen molar-refractivity contribution in [3.8, 4) is 22.8 Å². The summed E-state index contributed by atoms with van der Waals surface area (Å²) >= 11 is 5.87. The fourth-order valence-electron chi connectivity index (χ4n) is 2.34. The van der Waals surface area contributed by atoms with Crippen LogP contribution in [0.2, 0.25) is 5.02 Å². The molecule has 0 atom stereocenters. The van der Waals surface area contributed by atoms with Crippen molar-refractivity contribution < 1.29 is 17.9 Å². The molecule has 0 aliphatic heterocycles. The molecule has 9 heteroatoms. The van der Waals surface area contributed by atoms with E-state index in [0.717, 1.165) is 5.56 Å². The van der Waals surface area contributed by atoms with Crippen LogP contribution in [0.3, 0.4) is 0 Å². The summed E-state index contributed by atoms with van der Waals surface area (Å²) in [5.41, 5.74) is 1.48. The van der Waals surface area contributed by atoms with Gasteiger partial charge in [0, 0.05) is 17.2 Å². The van der Waals surface area contributed by atoms with Gasteiger partial charge < -0.3 is 9.47 Å². The molecule has 3 rings (SSSR count). The van der Waals surface area contributed by atoms with Crippen LogP contribution in [0, 0.1) is 0 Å². The Hall–Kier alpha value is -2.71. The predicted octanol–water partition coefficient (Wildman–Crippen LogP) is 3.55. The number of hydrogen-bond acceptors (Lipinski definition) is 5. The Morgan fingerprint density at radius 1 is 1.04 bits per heavy atom. The van der Waals surface area contributed by atoms with Crippen LogP contribution in [0.1, 0.15) is 0 Å². The highest BCUT2D eigenvalue weighted by molar-refractivity contribution is 7.92. The first kappa shape index (κ1) is 18.1. The van der Waals surface area contributed by atoms with E-state index < -0.39 is 10.0 Å². The number of ether oxygens (including phenoxy) is 2. The molecule has 1 heterocycles. The average Bonchev–Trinajstić information content (AvgIpc) is 3.09. The number of nitrogens with zero attached hydrogens (tertiary/aromatic N) is 1. The number of methoxy groups -OCH3 is 2. The highest BCUT2D eigenvalue weighted by Crippen LogP contribution is 2.30. The maximum Gasteiger partial charge on any atom is 0.266 e. The SMILES string of the molecule is COc1ccc(OC)c(S(=O)(=O)Nc2cc(-c3ccc(Cl)cc3)[nH]n2)c1. The Morgan fingerprint density at radius 2 is 1.77 bits per heavy atom. The number of H-pyrrole nitrogens is 1. The molecule has 136 valence electrons. The third-order valence-corrected chi connectivity index (χ3v) is 5.26. The summed E-state index contributed by atoms with van der Waals surface area (Å²) in [6.07, 6.45) is 0. The molecule has 2 N–H and O–H groups in total. The number of aromatic nitrogens is 2. The fourth-order valence-corrected chi connectivity index (χ4v) is 3.64. The number of rotatable bonds is 6. The highest BCUT2D eigenvalue weighted by Gasteiger charge is 2.22. The second-order valence-electron chi connectivity index (χ2n) is 5.30. The summed E-state index contributed by atoms with van der Waals surface area (Å²) in [5, 5.41) is 7.40. The number of nitrogens with one attached hydrogen (secondary N) is 2. The normalized spacial score (nSPS) is 11.2. The van der Waals surface area contributed by atoms with Gasteiger partial charge in [-0.2, -0.15) is 5.10 Å². The van der Waals surface area contributed by atoms with Crippen molar-refractivity contribution in [2.75, 3.05) is 18.9 Å². The molecule has 7 nitrogen and oxygen atoms in total. The molecule has 0 aliphatic carbocycles. The van der Waals surface area contributed by atoms with Crippen molar-refractivity contribution in [2.24, 2.45) is 0 Å². The molecule has 0 radical (unpaired) electrons. The van der Waals surface area contributed by atoms with Crippen molar-refractivity contribution in [3.05, 3.63) is 53.6 Å². The molecule has 1 aromatic heterocycles. The fraction of sp³-hybridized carbons (Fsp3) is 0.118. The van der Waals surface area contributed by atoms with Gasteiger partial charge in [-0.05, 0) is 29.8 Å². The van der Waals surface area contributed by atoms with E-state index in [1.807, 2.05) is 0 Å². The second-order valence-corrected chi connectivity index (χ2v) is 7.38. The molecular formula is C17H16ClN3O4S. The molecule has 0 unspecified atom stereocenters. The average molecular weight is 394 g/mol. The Bertz CT molecular complexity index is 1020. The first-order valence-electron chi connectivity index (χ1n) is 7.49. The van der Waals surface area contributed by atoms with E-state index in [4.69, 9.17) is 21.1 Å². The molecule has 0 saturated heterocycles. The lowest BCUT2D eigenvalue weighted by Crippen LogP contribution is -2.14. The second kappa shape index (κ2) is 7.27. The number of sulfonamides is 1. The maximum atomic E-state index is 12.7. The molecular weight excluding hydrogens is 378 g/mol. The summed E-state index contributed by atoms with van der Waals surface area (Å²) < 4.78 is 38.1. The van der Waals surface area contributed by atoms with E-state index in [2.05, 4.69) is 14.9 Å². The topological polar surface area (TPSA) is 93.3 Å². The van der Waals surface area contributed by atoms with Gasteiger partial charge in [0.15, 0.2) is 5.82 Å². The Kier molecular flexibility index (Phi) is 5.06. The van der Waals surface area contributed by atoms with Crippen molar-refractivity contribution in [2.45, 2.75) is 4.90 Å². The summed E-state index contributed by atoms with van der Waals surface area (Å²) in [6.45, 7) is 0. The first-order valence-corrected chi connectivity index (χ1v) is 9.35. The largest absolute Gasteiger partial charge is 0.497 e. The van der Waals surface area contributed by atoms with E-state index in [9.17, 15) is 8.42 Å². The van der Waals surface area contributed by atoms with E-state index in [0.29, 0.717) is 16.5 Å². The quantitative estimate of drug-likeness (QED) is 0.668. The van der Waals surface area contributed by atoms with Crippen LogP contribution in [0.4, 0.5) is 5.82 Å². The van der Waals surface area contributed by atoms with Gasteiger partial charge in [-0.3, -0.25) is 9.82 Å². The van der Waals surface area contributed by atoms with Gasteiger partial charge in [-0.1, -0.05) is 23.7 Å². The van der Waals surface area contributed by atoms with Gasteiger partial charge in [0.05, 0.1) is 19.9 Å². The van der Waals surface area contributed by atoms with Gasteiger partial charge >= 0.3 is 0 Å². The smallest absolute Gasteiger partial charge is 0.266 e. The van der Waals surface area contributed by atoms with Gasteiger partial charge in [0.2, 0.25) is 0 Å². The maximum absolute atomic E-state index is 12.7. The lowest BCUT2D eigenvalue weighted by Gasteiger charge is -2.11. The Morgan fingerprint density at radius 3 is 2.42 bits per heavy atom. The lowest BCUT2D eigenvalue weighted by atomic mass is 10.1. The third kappa shape index (κ3) is 3.76. The summed E-state index contributed by atoms with van der Waals surface area (Å²) in [7, 11) is -1.07. The van der Waals surface area contributed by atoms with Crippen LogP contribution in [0.5, 0.6) is 11.5 Å². The molecule has 0 spiro atoms. The zero-order valence-corrected chi connectivity index (χ0v) is 15.6. The van der Waals surface area contributed by atoms with Crippen molar-refractivity contribution in [1.82, 2.24) is 10.2 Å². The van der Waals surface area contributed by atoms with Crippen LogP contribution in [0.15, 0.2) is 53.4 Å². The highest BCUT2D eigenvalue weighted by atomic mass is 35.5. The standard InChI is InChI=1S/C17H16ClN3O4S/c1-24-13-7-8-15(25-2)16(9-13)26(22,23)21-17-10-14(19-20-17)11-3-5-12(18)6-4-11/h3-10H,1-2H3,(H2,19,20,21). The Balaban J connectivity index is 1.90. The zero-order valence-electron chi connectivity index (χ0n) is 14.0. The van der Waals surface area contributed by atoms with Gasteiger partial charge in [-0.25, -0.2) is 8.42 Å². The predicted molar refractivity (Wildman–Crippen MR) is 99.4 cm³/mol. The van der Waals surface area contributed by atoms with Crippen LogP contribution < -0.4 is 14.2 Å². The van der Waals surface area contributed by atoms with E-state index in [1.165, 1.54) is 26.4 Å². The van der Waals surface area contributed by atoms with Gasteiger partial charge in [0.25, 0.3) is 10.0 Å². The first-order chi connectivity index (χ1) is 12.4.